The normalized spacial score (nSPS) is 18.3. The molecule has 2 heterocycles. The van der Waals surface area contributed by atoms with Gasteiger partial charge in [0, 0.05) is 23.8 Å². The van der Waals surface area contributed by atoms with E-state index in [1.54, 1.807) is 11.3 Å². The summed E-state index contributed by atoms with van der Waals surface area (Å²) >= 11 is 1.76. The van der Waals surface area contributed by atoms with Crippen molar-refractivity contribution in [3.05, 3.63) is 45.7 Å². The number of hydrogen-bond acceptors (Lipinski definition) is 4. The molecule has 0 saturated carbocycles. The number of aromatic nitrogens is 2. The summed E-state index contributed by atoms with van der Waals surface area (Å²) in [7, 11) is 0. The Balaban J connectivity index is 1.68. The van der Waals surface area contributed by atoms with Crippen LogP contribution in [0.1, 0.15) is 33.6 Å². The molecule has 1 atom stereocenters. The van der Waals surface area contributed by atoms with Gasteiger partial charge in [-0.3, -0.25) is 4.98 Å². The highest BCUT2D eigenvalue weighted by molar-refractivity contribution is 7.11. The summed E-state index contributed by atoms with van der Waals surface area (Å²) in [4.78, 5) is 10.1. The lowest BCUT2D eigenvalue weighted by Crippen LogP contribution is -2.19. The van der Waals surface area contributed by atoms with E-state index in [1.165, 1.54) is 16.1 Å². The smallest absolute Gasteiger partial charge is 0.107 e. The van der Waals surface area contributed by atoms with E-state index in [-0.39, 0.29) is 0 Å². The van der Waals surface area contributed by atoms with Crippen LogP contribution in [0.3, 0.4) is 0 Å². The Morgan fingerprint density at radius 3 is 3.24 bits per heavy atom. The van der Waals surface area contributed by atoms with Gasteiger partial charge in [-0.1, -0.05) is 6.07 Å². The predicted molar refractivity (Wildman–Crippen MR) is 69.0 cm³/mol. The third kappa shape index (κ3) is 2.23. The first-order chi connectivity index (χ1) is 8.33. The van der Waals surface area contributed by atoms with Crippen LogP contribution in [0, 0.1) is 6.92 Å². The summed E-state index contributed by atoms with van der Waals surface area (Å²) in [6.45, 7) is 2.94. The molecule has 88 valence electrons. The number of fused-ring (bicyclic) bond motifs is 1. The van der Waals surface area contributed by atoms with Gasteiger partial charge in [0.05, 0.1) is 11.7 Å². The van der Waals surface area contributed by atoms with Crippen molar-refractivity contribution in [3.8, 4) is 0 Å². The first kappa shape index (κ1) is 10.9. The van der Waals surface area contributed by atoms with Crippen molar-refractivity contribution in [2.24, 2.45) is 0 Å². The highest BCUT2D eigenvalue weighted by atomic mass is 32.1. The summed E-state index contributed by atoms with van der Waals surface area (Å²) in [5, 5.41) is 4.71. The SMILES string of the molecule is Cc1cnc(CNC2CCc3cccnc32)s1. The third-order valence-electron chi connectivity index (χ3n) is 3.13. The molecule has 0 fully saturated rings. The van der Waals surface area contributed by atoms with Crippen molar-refractivity contribution < 1.29 is 0 Å². The van der Waals surface area contributed by atoms with Gasteiger partial charge < -0.3 is 5.32 Å². The Kier molecular flexibility index (Phi) is 2.91. The maximum Gasteiger partial charge on any atom is 0.107 e. The molecular weight excluding hydrogens is 230 g/mol. The van der Waals surface area contributed by atoms with Crippen molar-refractivity contribution in [2.45, 2.75) is 32.4 Å². The molecule has 0 spiro atoms. The zero-order chi connectivity index (χ0) is 11.7. The average molecular weight is 245 g/mol. The molecule has 0 radical (unpaired) electrons. The summed E-state index contributed by atoms with van der Waals surface area (Å²) in [6, 6.07) is 4.60. The van der Waals surface area contributed by atoms with Crippen molar-refractivity contribution in [1.29, 1.82) is 0 Å². The summed E-state index contributed by atoms with van der Waals surface area (Å²) in [5.41, 5.74) is 2.61. The van der Waals surface area contributed by atoms with Crippen LogP contribution in [-0.2, 0) is 13.0 Å². The van der Waals surface area contributed by atoms with E-state index in [2.05, 4.69) is 28.3 Å². The first-order valence-electron chi connectivity index (χ1n) is 5.91. The summed E-state index contributed by atoms with van der Waals surface area (Å²) < 4.78 is 0. The Labute approximate surface area is 105 Å². The van der Waals surface area contributed by atoms with Crippen LogP contribution >= 0.6 is 11.3 Å². The zero-order valence-corrected chi connectivity index (χ0v) is 10.6. The number of thiazole rings is 1. The molecule has 0 aliphatic heterocycles. The Hall–Kier alpha value is -1.26. The number of hydrogen-bond donors (Lipinski definition) is 1. The van der Waals surface area contributed by atoms with E-state index in [9.17, 15) is 0 Å². The first-order valence-corrected chi connectivity index (χ1v) is 6.73. The monoisotopic (exact) mass is 245 g/mol. The molecular formula is C13H15N3S. The lowest BCUT2D eigenvalue weighted by Gasteiger charge is -2.11. The zero-order valence-electron chi connectivity index (χ0n) is 9.81. The fourth-order valence-electron chi connectivity index (χ4n) is 2.30. The van der Waals surface area contributed by atoms with Crippen LogP contribution in [0.5, 0.6) is 0 Å². The van der Waals surface area contributed by atoms with E-state index < -0.39 is 0 Å². The van der Waals surface area contributed by atoms with E-state index >= 15 is 0 Å². The molecule has 1 unspecified atom stereocenters. The summed E-state index contributed by atoms with van der Waals surface area (Å²) in [5.74, 6) is 0. The largest absolute Gasteiger partial charge is 0.302 e. The van der Waals surface area contributed by atoms with Gasteiger partial charge in [0.1, 0.15) is 5.01 Å². The van der Waals surface area contributed by atoms with Gasteiger partial charge in [-0.05, 0) is 31.4 Å². The van der Waals surface area contributed by atoms with Crippen LogP contribution in [0.4, 0.5) is 0 Å². The third-order valence-corrected chi connectivity index (χ3v) is 4.04. The van der Waals surface area contributed by atoms with Crippen LogP contribution in [-0.4, -0.2) is 9.97 Å². The van der Waals surface area contributed by atoms with Crippen molar-refractivity contribution in [1.82, 2.24) is 15.3 Å². The van der Waals surface area contributed by atoms with Crippen LogP contribution in [0.2, 0.25) is 0 Å². The fourth-order valence-corrected chi connectivity index (χ4v) is 3.04. The van der Waals surface area contributed by atoms with Gasteiger partial charge in [-0.15, -0.1) is 11.3 Å². The molecule has 0 bridgehead atoms. The number of rotatable bonds is 3. The fraction of sp³-hybridized carbons (Fsp3) is 0.385. The molecule has 4 heteroatoms. The van der Waals surface area contributed by atoms with E-state index in [4.69, 9.17) is 0 Å². The van der Waals surface area contributed by atoms with Crippen LogP contribution in [0.25, 0.3) is 0 Å². The highest BCUT2D eigenvalue weighted by Gasteiger charge is 2.22. The lowest BCUT2D eigenvalue weighted by molar-refractivity contribution is 0.520. The van der Waals surface area contributed by atoms with Gasteiger partial charge in [0.25, 0.3) is 0 Å². The van der Waals surface area contributed by atoms with Gasteiger partial charge in [0.2, 0.25) is 0 Å². The molecule has 0 amide bonds. The topological polar surface area (TPSA) is 37.8 Å². The molecule has 2 aromatic rings. The molecule has 3 nitrogen and oxygen atoms in total. The molecule has 17 heavy (non-hydrogen) atoms. The Morgan fingerprint density at radius 2 is 2.41 bits per heavy atom. The molecule has 1 aliphatic carbocycles. The van der Waals surface area contributed by atoms with Crippen LogP contribution < -0.4 is 5.32 Å². The number of nitrogens with one attached hydrogen (secondary N) is 1. The molecule has 2 aromatic heterocycles. The lowest BCUT2D eigenvalue weighted by atomic mass is 10.2. The second kappa shape index (κ2) is 4.55. The van der Waals surface area contributed by atoms with Gasteiger partial charge in [0.15, 0.2) is 0 Å². The number of aryl methyl sites for hydroxylation is 2. The minimum atomic E-state index is 0.399. The average Bonchev–Trinajstić information content (AvgIpc) is 2.93. The van der Waals surface area contributed by atoms with Crippen molar-refractivity contribution >= 4 is 11.3 Å². The van der Waals surface area contributed by atoms with E-state index in [0.29, 0.717) is 6.04 Å². The second-order valence-electron chi connectivity index (χ2n) is 4.38. The molecule has 0 aromatic carbocycles. The Morgan fingerprint density at radius 1 is 1.47 bits per heavy atom. The summed E-state index contributed by atoms with van der Waals surface area (Å²) in [6.07, 6.45) is 6.10. The maximum atomic E-state index is 4.48. The molecule has 3 rings (SSSR count). The minimum Gasteiger partial charge on any atom is -0.302 e. The van der Waals surface area contributed by atoms with Crippen molar-refractivity contribution in [2.75, 3.05) is 0 Å². The molecule has 1 N–H and O–H groups in total. The number of nitrogens with zero attached hydrogens (tertiary/aromatic N) is 2. The maximum absolute atomic E-state index is 4.48. The van der Waals surface area contributed by atoms with E-state index in [0.717, 1.165) is 24.4 Å². The predicted octanol–water partition coefficient (Wildman–Crippen LogP) is 2.62. The standard InChI is InChI=1S/C13H15N3S/c1-9-7-16-12(17-9)8-15-11-5-4-10-3-2-6-14-13(10)11/h2-3,6-7,11,15H,4-5,8H2,1H3. The van der Waals surface area contributed by atoms with Crippen molar-refractivity contribution in [3.63, 3.8) is 0 Å². The molecule has 0 saturated heterocycles. The highest BCUT2D eigenvalue weighted by Crippen LogP contribution is 2.29. The van der Waals surface area contributed by atoms with Gasteiger partial charge >= 0.3 is 0 Å². The minimum absolute atomic E-state index is 0.399. The van der Waals surface area contributed by atoms with Gasteiger partial charge in [-0.25, -0.2) is 4.98 Å². The van der Waals surface area contributed by atoms with Crippen LogP contribution in [0.15, 0.2) is 24.5 Å². The Bertz CT molecular complexity index is 521. The number of pyridine rings is 1. The van der Waals surface area contributed by atoms with E-state index in [1.807, 2.05) is 18.5 Å². The van der Waals surface area contributed by atoms with Gasteiger partial charge in [-0.2, -0.15) is 0 Å². The second-order valence-corrected chi connectivity index (χ2v) is 5.70. The quantitative estimate of drug-likeness (QED) is 0.903. The molecule has 1 aliphatic rings.